The molecule has 172 valence electrons. The highest BCUT2D eigenvalue weighted by Gasteiger charge is 2.28. The Morgan fingerprint density at radius 3 is 2.70 bits per heavy atom. The number of H-pyrrole nitrogens is 1. The molecule has 1 aromatic carbocycles. The van der Waals surface area contributed by atoms with Gasteiger partial charge in [0, 0.05) is 60.5 Å². The van der Waals surface area contributed by atoms with Crippen molar-refractivity contribution in [2.75, 3.05) is 13.1 Å². The number of carbonyl (C=O) groups excluding carboxylic acids is 2. The summed E-state index contributed by atoms with van der Waals surface area (Å²) in [4.78, 5) is 43.0. The van der Waals surface area contributed by atoms with Crippen LogP contribution in [-0.2, 0) is 11.3 Å². The summed E-state index contributed by atoms with van der Waals surface area (Å²) in [7, 11) is 0. The third kappa shape index (κ3) is 4.62. The lowest BCUT2D eigenvalue weighted by molar-refractivity contribution is -0.126. The summed E-state index contributed by atoms with van der Waals surface area (Å²) in [6.45, 7) is 9.17. The van der Waals surface area contributed by atoms with Gasteiger partial charge in [0.15, 0.2) is 0 Å². The van der Waals surface area contributed by atoms with Crippen molar-refractivity contribution in [1.29, 1.82) is 0 Å². The highest BCUT2D eigenvalue weighted by molar-refractivity contribution is 5.98. The standard InChI is InChI=1S/C26H30N4O3/c1-4-12-30-16-22(21-8-11-27-23(21)26(30)33)19-6-5-7-20(15-19)25(32)29-13-9-18(10-14-29)24(31)28-17(2)3/h4-8,11,15-18,27H,1,9-10,12-14H2,2-3H3,(H,28,31). The first-order chi connectivity index (χ1) is 15.9. The van der Waals surface area contributed by atoms with Gasteiger partial charge in [-0.3, -0.25) is 14.4 Å². The molecule has 0 unspecified atom stereocenters. The zero-order valence-electron chi connectivity index (χ0n) is 19.1. The number of rotatable bonds is 6. The Kier molecular flexibility index (Phi) is 6.49. The molecule has 7 nitrogen and oxygen atoms in total. The molecule has 1 fully saturated rings. The zero-order chi connectivity index (χ0) is 23.5. The van der Waals surface area contributed by atoms with Gasteiger partial charge in [-0.25, -0.2) is 0 Å². The van der Waals surface area contributed by atoms with E-state index in [0.29, 0.717) is 43.6 Å². The largest absolute Gasteiger partial charge is 0.357 e. The van der Waals surface area contributed by atoms with Crippen LogP contribution in [0.25, 0.3) is 22.0 Å². The molecule has 0 saturated carbocycles. The van der Waals surface area contributed by atoms with Gasteiger partial charge in [0.05, 0.1) is 0 Å². The molecule has 0 radical (unpaired) electrons. The quantitative estimate of drug-likeness (QED) is 0.568. The van der Waals surface area contributed by atoms with E-state index >= 15 is 0 Å². The number of fused-ring (bicyclic) bond motifs is 1. The second-order valence-corrected chi connectivity index (χ2v) is 8.87. The Balaban J connectivity index is 1.57. The Hall–Kier alpha value is -3.61. The van der Waals surface area contributed by atoms with Crippen molar-refractivity contribution in [3.8, 4) is 11.1 Å². The van der Waals surface area contributed by atoms with Crippen molar-refractivity contribution < 1.29 is 9.59 Å². The van der Waals surface area contributed by atoms with Gasteiger partial charge in [-0.05, 0) is 50.5 Å². The maximum absolute atomic E-state index is 13.2. The Morgan fingerprint density at radius 2 is 2.00 bits per heavy atom. The number of aromatic amines is 1. The number of hydrogen-bond acceptors (Lipinski definition) is 3. The zero-order valence-corrected chi connectivity index (χ0v) is 19.1. The summed E-state index contributed by atoms with van der Waals surface area (Å²) in [5.41, 5.74) is 2.78. The van der Waals surface area contributed by atoms with Crippen LogP contribution >= 0.6 is 0 Å². The second kappa shape index (κ2) is 9.48. The van der Waals surface area contributed by atoms with Gasteiger partial charge in [0.2, 0.25) is 5.91 Å². The minimum Gasteiger partial charge on any atom is -0.357 e. The predicted molar refractivity (Wildman–Crippen MR) is 130 cm³/mol. The van der Waals surface area contributed by atoms with E-state index < -0.39 is 0 Å². The SMILES string of the molecule is C=CCn1cc(-c2cccc(C(=O)N3CCC(C(=O)NC(C)C)CC3)c2)c2cc[nH]c2c1=O. The van der Waals surface area contributed by atoms with Crippen molar-refractivity contribution in [2.45, 2.75) is 39.3 Å². The molecule has 0 bridgehead atoms. The van der Waals surface area contributed by atoms with Crippen molar-refractivity contribution in [2.24, 2.45) is 5.92 Å². The van der Waals surface area contributed by atoms with Crippen LogP contribution in [0.15, 0.2) is 60.2 Å². The van der Waals surface area contributed by atoms with Crippen LogP contribution in [0.2, 0.25) is 0 Å². The monoisotopic (exact) mass is 446 g/mol. The van der Waals surface area contributed by atoms with Crippen LogP contribution in [0.3, 0.4) is 0 Å². The molecule has 3 heterocycles. The lowest BCUT2D eigenvalue weighted by atomic mass is 9.94. The first kappa shape index (κ1) is 22.6. The highest BCUT2D eigenvalue weighted by Crippen LogP contribution is 2.28. The van der Waals surface area contributed by atoms with E-state index in [9.17, 15) is 14.4 Å². The lowest BCUT2D eigenvalue weighted by Crippen LogP contribution is -2.44. The van der Waals surface area contributed by atoms with Crippen LogP contribution in [0, 0.1) is 5.92 Å². The first-order valence-electron chi connectivity index (χ1n) is 11.4. The number of allylic oxidation sites excluding steroid dienone is 1. The van der Waals surface area contributed by atoms with Gasteiger partial charge in [-0.15, -0.1) is 6.58 Å². The first-order valence-corrected chi connectivity index (χ1v) is 11.4. The topological polar surface area (TPSA) is 87.2 Å². The number of nitrogens with zero attached hydrogens (tertiary/aromatic N) is 2. The minimum absolute atomic E-state index is 0.0377. The summed E-state index contributed by atoms with van der Waals surface area (Å²) in [6, 6.07) is 9.51. The Labute approximate surface area is 193 Å². The molecule has 0 spiro atoms. The molecule has 33 heavy (non-hydrogen) atoms. The summed E-state index contributed by atoms with van der Waals surface area (Å²) in [5.74, 6) is -0.0101. The fourth-order valence-electron chi connectivity index (χ4n) is 4.45. The molecule has 4 rings (SSSR count). The number of nitrogens with one attached hydrogen (secondary N) is 2. The van der Waals surface area contributed by atoms with E-state index in [1.54, 1.807) is 16.8 Å². The number of hydrogen-bond donors (Lipinski definition) is 2. The smallest absolute Gasteiger partial charge is 0.275 e. The molecular formula is C26H30N4O3. The van der Waals surface area contributed by atoms with Gasteiger partial charge in [-0.2, -0.15) is 0 Å². The minimum atomic E-state index is -0.102. The molecule has 1 saturated heterocycles. The van der Waals surface area contributed by atoms with Gasteiger partial charge in [0.1, 0.15) is 5.52 Å². The fourth-order valence-corrected chi connectivity index (χ4v) is 4.45. The number of carbonyl (C=O) groups is 2. The molecule has 2 aromatic heterocycles. The van der Waals surface area contributed by atoms with Crippen molar-refractivity contribution in [1.82, 2.24) is 19.8 Å². The molecule has 2 amide bonds. The van der Waals surface area contributed by atoms with E-state index in [-0.39, 0.29) is 29.3 Å². The molecule has 7 heteroatoms. The number of piperidine rings is 1. The Bertz CT molecular complexity index is 1250. The number of amides is 2. The third-order valence-corrected chi connectivity index (χ3v) is 6.13. The number of likely N-dealkylation sites (tertiary alicyclic amines) is 1. The molecule has 1 aliphatic heterocycles. The van der Waals surface area contributed by atoms with Crippen LogP contribution in [0.4, 0.5) is 0 Å². The second-order valence-electron chi connectivity index (χ2n) is 8.87. The maximum Gasteiger partial charge on any atom is 0.275 e. The van der Waals surface area contributed by atoms with Gasteiger partial charge >= 0.3 is 0 Å². The van der Waals surface area contributed by atoms with E-state index in [1.807, 2.05) is 55.3 Å². The fraction of sp³-hybridized carbons (Fsp3) is 0.346. The van der Waals surface area contributed by atoms with Crippen molar-refractivity contribution in [3.05, 3.63) is 71.3 Å². The van der Waals surface area contributed by atoms with Gasteiger partial charge < -0.3 is 19.8 Å². The van der Waals surface area contributed by atoms with Crippen molar-refractivity contribution >= 4 is 22.7 Å². The molecular weight excluding hydrogens is 416 g/mol. The lowest BCUT2D eigenvalue weighted by Gasteiger charge is -2.31. The van der Waals surface area contributed by atoms with Crippen molar-refractivity contribution in [3.63, 3.8) is 0 Å². The summed E-state index contributed by atoms with van der Waals surface area (Å²) in [6.07, 6.45) is 6.59. The average molecular weight is 447 g/mol. The maximum atomic E-state index is 13.2. The molecule has 1 aliphatic rings. The average Bonchev–Trinajstić information content (AvgIpc) is 3.31. The Morgan fingerprint density at radius 1 is 1.24 bits per heavy atom. The number of benzene rings is 1. The summed E-state index contributed by atoms with van der Waals surface area (Å²) >= 11 is 0. The molecule has 3 aromatic rings. The normalized spacial score (nSPS) is 14.6. The van der Waals surface area contributed by atoms with Crippen LogP contribution in [0.1, 0.15) is 37.0 Å². The van der Waals surface area contributed by atoms with E-state index in [2.05, 4.69) is 16.9 Å². The van der Waals surface area contributed by atoms with E-state index in [0.717, 1.165) is 16.5 Å². The third-order valence-electron chi connectivity index (χ3n) is 6.13. The van der Waals surface area contributed by atoms with Crippen LogP contribution in [0.5, 0.6) is 0 Å². The van der Waals surface area contributed by atoms with Crippen LogP contribution < -0.4 is 10.9 Å². The predicted octanol–water partition coefficient (Wildman–Crippen LogP) is 3.56. The molecule has 0 aliphatic carbocycles. The van der Waals surface area contributed by atoms with E-state index in [4.69, 9.17) is 0 Å². The molecule has 2 N–H and O–H groups in total. The molecule has 0 atom stereocenters. The van der Waals surface area contributed by atoms with E-state index in [1.165, 1.54) is 0 Å². The van der Waals surface area contributed by atoms with Gasteiger partial charge in [-0.1, -0.05) is 18.2 Å². The van der Waals surface area contributed by atoms with Crippen LogP contribution in [-0.4, -0.2) is 45.4 Å². The summed E-state index contributed by atoms with van der Waals surface area (Å²) < 4.78 is 1.61. The highest BCUT2D eigenvalue weighted by atomic mass is 16.2. The van der Waals surface area contributed by atoms with Gasteiger partial charge in [0.25, 0.3) is 11.5 Å². The summed E-state index contributed by atoms with van der Waals surface area (Å²) in [5, 5.41) is 3.79. The number of pyridine rings is 1. The number of aromatic nitrogens is 2.